The molecule has 3 aromatic rings. The van der Waals surface area contributed by atoms with Gasteiger partial charge < -0.3 is 16.0 Å². The highest BCUT2D eigenvalue weighted by Gasteiger charge is 2.18. The third kappa shape index (κ3) is 4.25. The standard InChI is InChI=1S/C20H23N5O2/c1-3-12-21-19(26)18-17(13-25(4-2)24-18)23-20(27)22-16-11-7-9-14-8-5-6-10-15(14)16/h5-11,13H,3-4,12H2,1-2H3,(H,21,26)(H2,22,23,27). The lowest BCUT2D eigenvalue weighted by Gasteiger charge is -2.10. The number of aryl methyl sites for hydroxylation is 1. The zero-order valence-electron chi connectivity index (χ0n) is 15.5. The Balaban J connectivity index is 1.79. The van der Waals surface area contributed by atoms with Crippen LogP contribution >= 0.6 is 0 Å². The van der Waals surface area contributed by atoms with Gasteiger partial charge in [-0.1, -0.05) is 43.3 Å². The van der Waals surface area contributed by atoms with E-state index in [-0.39, 0.29) is 11.6 Å². The Bertz CT molecular complexity index is 959. The lowest BCUT2D eigenvalue weighted by molar-refractivity contribution is 0.0948. The lowest BCUT2D eigenvalue weighted by Crippen LogP contribution is -2.27. The fourth-order valence-electron chi connectivity index (χ4n) is 2.78. The largest absolute Gasteiger partial charge is 0.351 e. The van der Waals surface area contributed by atoms with E-state index in [2.05, 4.69) is 21.0 Å². The quantitative estimate of drug-likeness (QED) is 0.620. The first-order valence-corrected chi connectivity index (χ1v) is 9.03. The number of fused-ring (bicyclic) bond motifs is 1. The Morgan fingerprint density at radius 1 is 1.00 bits per heavy atom. The predicted octanol–water partition coefficient (Wildman–Crippen LogP) is 3.84. The van der Waals surface area contributed by atoms with Gasteiger partial charge >= 0.3 is 6.03 Å². The summed E-state index contributed by atoms with van der Waals surface area (Å²) in [6, 6.07) is 13.1. The van der Waals surface area contributed by atoms with Crippen LogP contribution in [0.3, 0.4) is 0 Å². The summed E-state index contributed by atoms with van der Waals surface area (Å²) in [5.41, 5.74) is 1.28. The second-order valence-electron chi connectivity index (χ2n) is 6.11. The van der Waals surface area contributed by atoms with Gasteiger partial charge in [0.05, 0.1) is 11.4 Å². The van der Waals surface area contributed by atoms with Gasteiger partial charge in [0.1, 0.15) is 0 Å². The fraction of sp³-hybridized carbons (Fsp3) is 0.250. The molecule has 0 aliphatic carbocycles. The molecule has 0 bridgehead atoms. The van der Waals surface area contributed by atoms with E-state index < -0.39 is 6.03 Å². The number of benzene rings is 2. The summed E-state index contributed by atoms with van der Waals surface area (Å²) in [5.74, 6) is -0.301. The van der Waals surface area contributed by atoms with Crippen molar-refractivity contribution in [2.75, 3.05) is 17.2 Å². The smallest absolute Gasteiger partial charge is 0.323 e. The van der Waals surface area contributed by atoms with Crippen LogP contribution in [0.25, 0.3) is 10.8 Å². The van der Waals surface area contributed by atoms with Crippen molar-refractivity contribution in [1.29, 1.82) is 0 Å². The third-order valence-electron chi connectivity index (χ3n) is 4.12. The number of carbonyl (C=O) groups is 2. The number of nitrogens with one attached hydrogen (secondary N) is 3. The maximum atomic E-state index is 12.5. The molecule has 1 aromatic heterocycles. The SMILES string of the molecule is CCCNC(=O)c1nn(CC)cc1NC(=O)Nc1cccc2ccccc12. The molecule has 0 unspecified atom stereocenters. The van der Waals surface area contributed by atoms with Crippen LogP contribution in [-0.4, -0.2) is 28.3 Å². The lowest BCUT2D eigenvalue weighted by atomic mass is 10.1. The van der Waals surface area contributed by atoms with E-state index in [1.807, 2.05) is 56.3 Å². The Kier molecular flexibility index (Phi) is 5.71. The van der Waals surface area contributed by atoms with Gasteiger partial charge in [-0.15, -0.1) is 0 Å². The van der Waals surface area contributed by atoms with Crippen molar-refractivity contribution >= 4 is 34.1 Å². The van der Waals surface area contributed by atoms with Gasteiger partial charge in [0.2, 0.25) is 0 Å². The Morgan fingerprint density at radius 3 is 2.52 bits per heavy atom. The number of aromatic nitrogens is 2. The third-order valence-corrected chi connectivity index (χ3v) is 4.12. The van der Waals surface area contributed by atoms with Crippen LogP contribution in [-0.2, 0) is 6.54 Å². The summed E-state index contributed by atoms with van der Waals surface area (Å²) in [4.78, 5) is 24.8. The maximum absolute atomic E-state index is 12.5. The van der Waals surface area contributed by atoms with Crippen LogP contribution in [0.2, 0.25) is 0 Å². The van der Waals surface area contributed by atoms with Crippen LogP contribution in [0.5, 0.6) is 0 Å². The first-order chi connectivity index (χ1) is 13.1. The van der Waals surface area contributed by atoms with E-state index in [1.165, 1.54) is 0 Å². The first kappa shape index (κ1) is 18.4. The van der Waals surface area contributed by atoms with Gasteiger partial charge in [-0.05, 0) is 24.8 Å². The van der Waals surface area contributed by atoms with Crippen molar-refractivity contribution in [3.05, 3.63) is 54.4 Å². The molecule has 3 amide bonds. The monoisotopic (exact) mass is 365 g/mol. The highest BCUT2D eigenvalue weighted by atomic mass is 16.2. The zero-order valence-corrected chi connectivity index (χ0v) is 15.5. The van der Waals surface area contributed by atoms with Crippen molar-refractivity contribution in [2.24, 2.45) is 0 Å². The molecule has 3 rings (SSSR count). The molecule has 0 atom stereocenters. The summed E-state index contributed by atoms with van der Waals surface area (Å²) >= 11 is 0. The molecular formula is C20H23N5O2. The van der Waals surface area contributed by atoms with Gasteiger partial charge in [0.15, 0.2) is 5.69 Å². The van der Waals surface area contributed by atoms with E-state index in [1.54, 1.807) is 10.9 Å². The molecule has 0 radical (unpaired) electrons. The van der Waals surface area contributed by atoms with Crippen molar-refractivity contribution in [1.82, 2.24) is 15.1 Å². The molecular weight excluding hydrogens is 342 g/mol. The van der Waals surface area contributed by atoms with E-state index in [9.17, 15) is 9.59 Å². The molecule has 2 aromatic carbocycles. The van der Waals surface area contributed by atoms with Crippen LogP contribution in [0, 0.1) is 0 Å². The van der Waals surface area contributed by atoms with E-state index in [4.69, 9.17) is 0 Å². The fourth-order valence-corrected chi connectivity index (χ4v) is 2.78. The number of amides is 3. The van der Waals surface area contributed by atoms with Crippen LogP contribution < -0.4 is 16.0 Å². The Labute approximate surface area is 157 Å². The van der Waals surface area contributed by atoms with E-state index in [0.717, 1.165) is 17.2 Å². The number of hydrogen-bond donors (Lipinski definition) is 3. The zero-order chi connectivity index (χ0) is 19.2. The Hall–Kier alpha value is -3.35. The van der Waals surface area contributed by atoms with Gasteiger partial charge in [-0.3, -0.25) is 9.48 Å². The van der Waals surface area contributed by atoms with E-state index in [0.29, 0.717) is 24.5 Å². The van der Waals surface area contributed by atoms with Crippen molar-refractivity contribution < 1.29 is 9.59 Å². The summed E-state index contributed by atoms with van der Waals surface area (Å²) in [7, 11) is 0. The molecule has 3 N–H and O–H groups in total. The van der Waals surface area contributed by atoms with Gasteiger partial charge in [-0.2, -0.15) is 5.10 Å². The van der Waals surface area contributed by atoms with E-state index >= 15 is 0 Å². The molecule has 0 fully saturated rings. The van der Waals surface area contributed by atoms with Crippen molar-refractivity contribution in [3.8, 4) is 0 Å². The van der Waals surface area contributed by atoms with Crippen molar-refractivity contribution in [2.45, 2.75) is 26.8 Å². The van der Waals surface area contributed by atoms with Gasteiger partial charge in [0, 0.05) is 24.7 Å². The number of hydrogen-bond acceptors (Lipinski definition) is 3. The van der Waals surface area contributed by atoms with Crippen LogP contribution in [0.4, 0.5) is 16.2 Å². The summed E-state index contributed by atoms with van der Waals surface area (Å²) in [5, 5.41) is 14.6. The summed E-state index contributed by atoms with van der Waals surface area (Å²) < 4.78 is 1.62. The summed E-state index contributed by atoms with van der Waals surface area (Å²) in [6.45, 7) is 5.04. The molecule has 27 heavy (non-hydrogen) atoms. The number of nitrogens with zero attached hydrogens (tertiary/aromatic N) is 2. The molecule has 0 aliphatic heterocycles. The topological polar surface area (TPSA) is 88.1 Å². The molecule has 0 aliphatic rings. The predicted molar refractivity (Wildman–Crippen MR) is 107 cm³/mol. The molecule has 7 nitrogen and oxygen atoms in total. The normalized spacial score (nSPS) is 10.6. The Morgan fingerprint density at radius 2 is 1.74 bits per heavy atom. The molecule has 0 spiro atoms. The minimum Gasteiger partial charge on any atom is -0.351 e. The van der Waals surface area contributed by atoms with Gasteiger partial charge in [-0.25, -0.2) is 4.79 Å². The van der Waals surface area contributed by atoms with Gasteiger partial charge in [0.25, 0.3) is 5.91 Å². The molecule has 0 saturated carbocycles. The average molecular weight is 365 g/mol. The minimum absolute atomic E-state index is 0.207. The number of carbonyl (C=O) groups excluding carboxylic acids is 2. The van der Waals surface area contributed by atoms with Crippen molar-refractivity contribution in [3.63, 3.8) is 0 Å². The second kappa shape index (κ2) is 8.35. The molecule has 0 saturated heterocycles. The van der Waals surface area contributed by atoms with Crippen LogP contribution in [0.1, 0.15) is 30.8 Å². The maximum Gasteiger partial charge on any atom is 0.323 e. The molecule has 7 heteroatoms. The molecule has 1 heterocycles. The van der Waals surface area contributed by atoms with Crippen LogP contribution in [0.15, 0.2) is 48.7 Å². The highest BCUT2D eigenvalue weighted by molar-refractivity contribution is 6.08. The molecule has 140 valence electrons. The number of anilines is 2. The number of urea groups is 1. The minimum atomic E-state index is -0.424. The second-order valence-corrected chi connectivity index (χ2v) is 6.11. The highest BCUT2D eigenvalue weighted by Crippen LogP contribution is 2.23. The summed E-state index contributed by atoms with van der Waals surface area (Å²) in [6.07, 6.45) is 2.48. The average Bonchev–Trinajstić information content (AvgIpc) is 3.09. The number of rotatable bonds is 6. The first-order valence-electron chi connectivity index (χ1n) is 9.03.